The number of rotatable bonds is 8. The van der Waals surface area contributed by atoms with Gasteiger partial charge in [-0.05, 0) is 24.3 Å². The lowest BCUT2D eigenvalue weighted by molar-refractivity contribution is -0.143. The zero-order valence-corrected chi connectivity index (χ0v) is 12.6. The number of carbonyl (C=O) groups is 3. The highest BCUT2D eigenvalue weighted by atomic mass is 35.5. The Labute approximate surface area is 131 Å². The van der Waals surface area contributed by atoms with Crippen LogP contribution in [0.25, 0.3) is 0 Å². The second-order valence-electron chi connectivity index (χ2n) is 4.18. The predicted molar refractivity (Wildman–Crippen MR) is 80.2 cm³/mol. The maximum absolute atomic E-state index is 11.6. The summed E-state index contributed by atoms with van der Waals surface area (Å²) in [5.74, 6) is -2.02. The van der Waals surface area contributed by atoms with Crippen molar-refractivity contribution in [3.05, 3.63) is 29.3 Å². The van der Waals surface area contributed by atoms with Gasteiger partial charge in [-0.2, -0.15) is 0 Å². The van der Waals surface area contributed by atoms with Crippen LogP contribution >= 0.6 is 23.4 Å². The number of aliphatic carboxylic acids is 1. The van der Waals surface area contributed by atoms with Crippen molar-refractivity contribution < 1.29 is 19.5 Å². The molecule has 0 saturated carbocycles. The van der Waals surface area contributed by atoms with E-state index in [0.29, 0.717) is 10.8 Å². The van der Waals surface area contributed by atoms with Crippen LogP contribution in [0.15, 0.2) is 29.2 Å². The number of benzene rings is 1. The Balaban J connectivity index is 2.37. The summed E-state index contributed by atoms with van der Waals surface area (Å²) in [6, 6.07) is 5.88. The van der Waals surface area contributed by atoms with Crippen molar-refractivity contribution in [2.75, 3.05) is 5.75 Å². The van der Waals surface area contributed by atoms with Gasteiger partial charge in [0.2, 0.25) is 11.8 Å². The summed E-state index contributed by atoms with van der Waals surface area (Å²) in [4.78, 5) is 34.2. The summed E-state index contributed by atoms with van der Waals surface area (Å²) in [7, 11) is 0. The van der Waals surface area contributed by atoms with Gasteiger partial charge in [-0.25, -0.2) is 4.79 Å². The molecular weight excluding hydrogens is 316 g/mol. The molecule has 0 unspecified atom stereocenters. The minimum Gasteiger partial charge on any atom is -0.480 e. The molecule has 0 bridgehead atoms. The molecule has 0 radical (unpaired) electrons. The smallest absolute Gasteiger partial charge is 0.326 e. The minimum absolute atomic E-state index is 0.135. The van der Waals surface area contributed by atoms with Gasteiger partial charge < -0.3 is 16.2 Å². The molecule has 0 aliphatic rings. The van der Waals surface area contributed by atoms with Crippen LogP contribution in [0.3, 0.4) is 0 Å². The number of nitrogens with one attached hydrogen (secondary N) is 1. The van der Waals surface area contributed by atoms with Crippen molar-refractivity contribution >= 4 is 41.1 Å². The number of amides is 2. The van der Waals surface area contributed by atoms with Gasteiger partial charge in [0.25, 0.3) is 0 Å². The average Bonchev–Trinajstić information content (AvgIpc) is 2.39. The molecule has 0 spiro atoms. The molecule has 1 atom stereocenters. The first-order valence-corrected chi connectivity index (χ1v) is 7.43. The SMILES string of the molecule is NC(=O)C[C@H](NC(=O)CCSc1ccc(Cl)cc1)C(=O)O. The van der Waals surface area contributed by atoms with E-state index in [4.69, 9.17) is 22.4 Å². The summed E-state index contributed by atoms with van der Waals surface area (Å²) in [5, 5.41) is 11.8. The first-order valence-electron chi connectivity index (χ1n) is 6.07. The normalized spacial score (nSPS) is 11.7. The minimum atomic E-state index is -1.28. The fourth-order valence-electron chi connectivity index (χ4n) is 1.46. The Morgan fingerprint density at radius 3 is 2.43 bits per heavy atom. The van der Waals surface area contributed by atoms with E-state index in [0.717, 1.165) is 4.90 Å². The Kier molecular flexibility index (Phi) is 7.04. The van der Waals surface area contributed by atoms with E-state index in [-0.39, 0.29) is 6.42 Å². The van der Waals surface area contributed by atoms with Gasteiger partial charge in [-0.3, -0.25) is 9.59 Å². The molecule has 0 aliphatic carbocycles. The molecule has 0 aliphatic heterocycles. The second kappa shape index (κ2) is 8.53. The van der Waals surface area contributed by atoms with Crippen molar-refractivity contribution in [2.45, 2.75) is 23.8 Å². The van der Waals surface area contributed by atoms with Crippen LogP contribution in [0.1, 0.15) is 12.8 Å². The Morgan fingerprint density at radius 2 is 1.90 bits per heavy atom. The van der Waals surface area contributed by atoms with Gasteiger partial charge >= 0.3 is 5.97 Å². The second-order valence-corrected chi connectivity index (χ2v) is 5.79. The molecule has 114 valence electrons. The van der Waals surface area contributed by atoms with Crippen molar-refractivity contribution in [1.29, 1.82) is 0 Å². The van der Waals surface area contributed by atoms with Crippen LogP contribution in [0.5, 0.6) is 0 Å². The summed E-state index contributed by atoms with van der Waals surface area (Å²) in [5.41, 5.74) is 4.93. The quantitative estimate of drug-likeness (QED) is 0.622. The Hall–Kier alpha value is -1.73. The lowest BCUT2D eigenvalue weighted by Gasteiger charge is -2.12. The molecule has 2 amide bonds. The first-order chi connectivity index (χ1) is 9.88. The fourth-order valence-corrected chi connectivity index (χ4v) is 2.44. The van der Waals surface area contributed by atoms with E-state index < -0.39 is 30.2 Å². The number of carbonyl (C=O) groups excluding carboxylic acids is 2. The number of halogens is 1. The van der Waals surface area contributed by atoms with E-state index in [1.54, 1.807) is 12.1 Å². The van der Waals surface area contributed by atoms with Crippen LogP contribution < -0.4 is 11.1 Å². The Morgan fingerprint density at radius 1 is 1.29 bits per heavy atom. The lowest BCUT2D eigenvalue weighted by atomic mass is 10.2. The summed E-state index contributed by atoms with van der Waals surface area (Å²) >= 11 is 7.21. The standard InChI is InChI=1S/C13H15ClN2O4S/c14-8-1-3-9(4-2-8)21-6-5-12(18)16-10(13(19)20)7-11(15)17/h1-4,10H,5-7H2,(H2,15,17)(H,16,18)(H,19,20)/t10-/m0/s1. The number of hydrogen-bond donors (Lipinski definition) is 3. The molecule has 1 rings (SSSR count). The summed E-state index contributed by atoms with van der Waals surface area (Å²) < 4.78 is 0. The van der Waals surface area contributed by atoms with E-state index in [2.05, 4.69) is 5.32 Å². The van der Waals surface area contributed by atoms with Crippen LogP contribution in [0.4, 0.5) is 0 Å². The maximum Gasteiger partial charge on any atom is 0.326 e. The average molecular weight is 331 g/mol. The molecule has 0 fully saturated rings. The summed E-state index contributed by atoms with van der Waals surface area (Å²) in [6.45, 7) is 0. The summed E-state index contributed by atoms with van der Waals surface area (Å²) in [6.07, 6.45) is -0.290. The van der Waals surface area contributed by atoms with E-state index in [1.165, 1.54) is 11.8 Å². The monoisotopic (exact) mass is 330 g/mol. The number of thioether (sulfide) groups is 1. The van der Waals surface area contributed by atoms with Crippen molar-refractivity contribution in [1.82, 2.24) is 5.32 Å². The highest BCUT2D eigenvalue weighted by molar-refractivity contribution is 7.99. The van der Waals surface area contributed by atoms with Crippen LogP contribution in [0.2, 0.25) is 5.02 Å². The molecule has 4 N–H and O–H groups in total. The first kappa shape index (κ1) is 17.3. The lowest BCUT2D eigenvalue weighted by Crippen LogP contribution is -2.43. The van der Waals surface area contributed by atoms with Gasteiger partial charge in [-0.1, -0.05) is 11.6 Å². The molecule has 1 aromatic carbocycles. The van der Waals surface area contributed by atoms with Crippen LogP contribution in [-0.4, -0.2) is 34.7 Å². The maximum atomic E-state index is 11.6. The molecule has 0 heterocycles. The third-order valence-corrected chi connectivity index (χ3v) is 3.72. The van der Waals surface area contributed by atoms with Gasteiger partial charge in [0.15, 0.2) is 0 Å². The molecule has 6 nitrogen and oxygen atoms in total. The van der Waals surface area contributed by atoms with Crippen molar-refractivity contribution in [2.24, 2.45) is 5.73 Å². The zero-order chi connectivity index (χ0) is 15.8. The van der Waals surface area contributed by atoms with Gasteiger partial charge in [0, 0.05) is 22.1 Å². The molecule has 8 heteroatoms. The van der Waals surface area contributed by atoms with E-state index >= 15 is 0 Å². The largest absolute Gasteiger partial charge is 0.480 e. The van der Waals surface area contributed by atoms with Gasteiger partial charge in [-0.15, -0.1) is 11.8 Å². The van der Waals surface area contributed by atoms with Crippen molar-refractivity contribution in [3.8, 4) is 0 Å². The van der Waals surface area contributed by atoms with Crippen molar-refractivity contribution in [3.63, 3.8) is 0 Å². The fraction of sp³-hybridized carbons (Fsp3) is 0.308. The molecule has 0 aromatic heterocycles. The predicted octanol–water partition coefficient (Wildman–Crippen LogP) is 1.27. The number of nitrogens with two attached hydrogens (primary N) is 1. The number of carboxylic acids is 1. The zero-order valence-electron chi connectivity index (χ0n) is 11.0. The highest BCUT2D eigenvalue weighted by Gasteiger charge is 2.21. The molecule has 1 aromatic rings. The van der Waals surface area contributed by atoms with Crippen LogP contribution in [-0.2, 0) is 14.4 Å². The topological polar surface area (TPSA) is 109 Å². The number of carboxylic acid groups (broad SMARTS) is 1. The number of hydrogen-bond acceptors (Lipinski definition) is 4. The molecule has 21 heavy (non-hydrogen) atoms. The Bertz CT molecular complexity index is 521. The third-order valence-electron chi connectivity index (χ3n) is 2.45. The van der Waals surface area contributed by atoms with Crippen LogP contribution in [0, 0.1) is 0 Å². The highest BCUT2D eigenvalue weighted by Crippen LogP contribution is 2.20. The molecule has 0 saturated heterocycles. The third kappa shape index (κ3) is 7.01. The van der Waals surface area contributed by atoms with Gasteiger partial charge in [0.1, 0.15) is 6.04 Å². The van der Waals surface area contributed by atoms with Gasteiger partial charge in [0.05, 0.1) is 6.42 Å². The number of primary amides is 1. The molecular formula is C13H15ClN2O4S. The van der Waals surface area contributed by atoms with E-state index in [1.807, 2.05) is 12.1 Å². The van der Waals surface area contributed by atoms with E-state index in [9.17, 15) is 14.4 Å².